The molecule has 5 nitrogen and oxygen atoms in total. The summed E-state index contributed by atoms with van der Waals surface area (Å²) in [5.74, 6) is 2.39. The molecule has 1 saturated heterocycles. The number of aromatic nitrogens is 3. The molecule has 0 radical (unpaired) electrons. The molecule has 0 bridgehead atoms. The summed E-state index contributed by atoms with van der Waals surface area (Å²) in [4.78, 5) is 9.08. The standard InChI is InChI=1S/C19H20FN5/c20-15-4-3-13-5-6-21-19(16(13)11-15)25-9-7-24(8-10-25)18-12-17(22-23-18)14-1-2-14/h3-6,11-12,14H,1-2,7-10H2,(H,22,23). The minimum atomic E-state index is -0.218. The second kappa shape index (κ2) is 5.72. The van der Waals surface area contributed by atoms with Gasteiger partial charge in [0.15, 0.2) is 5.82 Å². The molecule has 2 fully saturated rings. The van der Waals surface area contributed by atoms with E-state index in [1.807, 2.05) is 12.1 Å². The van der Waals surface area contributed by atoms with Crippen molar-refractivity contribution in [2.24, 2.45) is 0 Å². The van der Waals surface area contributed by atoms with Gasteiger partial charge < -0.3 is 9.80 Å². The normalized spacial score (nSPS) is 18.1. The Morgan fingerprint density at radius 3 is 2.60 bits per heavy atom. The number of nitrogens with one attached hydrogen (secondary N) is 1. The number of hydrogen-bond acceptors (Lipinski definition) is 4. The number of fused-ring (bicyclic) bond motifs is 1. The predicted molar refractivity (Wildman–Crippen MR) is 96.7 cm³/mol. The minimum absolute atomic E-state index is 0.218. The van der Waals surface area contributed by atoms with E-state index in [9.17, 15) is 4.39 Å². The number of aromatic amines is 1. The topological polar surface area (TPSA) is 48.1 Å². The molecule has 0 unspecified atom stereocenters. The molecule has 1 N–H and O–H groups in total. The number of rotatable bonds is 3. The van der Waals surface area contributed by atoms with Crippen LogP contribution in [0.4, 0.5) is 16.0 Å². The zero-order valence-corrected chi connectivity index (χ0v) is 14.0. The van der Waals surface area contributed by atoms with Gasteiger partial charge in [-0.3, -0.25) is 5.10 Å². The Kier molecular flexibility index (Phi) is 3.36. The maximum atomic E-state index is 13.7. The molecule has 3 aromatic rings. The first-order chi connectivity index (χ1) is 12.3. The Balaban J connectivity index is 1.35. The van der Waals surface area contributed by atoms with Crippen molar-refractivity contribution in [2.75, 3.05) is 36.0 Å². The minimum Gasteiger partial charge on any atom is -0.353 e. The number of hydrogen-bond donors (Lipinski definition) is 1. The number of anilines is 2. The van der Waals surface area contributed by atoms with Gasteiger partial charge in [-0.05, 0) is 36.4 Å². The highest BCUT2D eigenvalue weighted by Gasteiger charge is 2.27. The molecule has 1 aliphatic carbocycles. The first kappa shape index (κ1) is 14.7. The van der Waals surface area contributed by atoms with Crippen LogP contribution in [0.3, 0.4) is 0 Å². The summed E-state index contributed by atoms with van der Waals surface area (Å²) in [6.45, 7) is 3.49. The predicted octanol–water partition coefficient (Wildman–Crippen LogP) is 3.30. The zero-order valence-electron chi connectivity index (χ0n) is 14.0. The molecule has 128 valence electrons. The quantitative estimate of drug-likeness (QED) is 0.797. The van der Waals surface area contributed by atoms with Gasteiger partial charge in [-0.15, -0.1) is 0 Å². The number of pyridine rings is 1. The SMILES string of the molecule is Fc1ccc2ccnc(N3CCN(c4cc(C5CC5)[nH]n4)CC3)c2c1. The van der Waals surface area contributed by atoms with Crippen LogP contribution in [0.5, 0.6) is 0 Å². The summed E-state index contributed by atoms with van der Waals surface area (Å²) in [7, 11) is 0. The number of benzene rings is 1. The molecular formula is C19H20FN5. The van der Waals surface area contributed by atoms with Gasteiger partial charge in [0.1, 0.15) is 11.6 Å². The van der Waals surface area contributed by atoms with Crippen LogP contribution in [0, 0.1) is 5.82 Å². The van der Waals surface area contributed by atoms with Crippen LogP contribution in [0.25, 0.3) is 10.8 Å². The van der Waals surface area contributed by atoms with E-state index in [1.54, 1.807) is 12.3 Å². The summed E-state index contributed by atoms with van der Waals surface area (Å²) >= 11 is 0. The van der Waals surface area contributed by atoms with Gasteiger partial charge in [0, 0.05) is 55.4 Å². The fraction of sp³-hybridized carbons (Fsp3) is 0.368. The Labute approximate surface area is 145 Å². The average Bonchev–Trinajstić information content (AvgIpc) is 3.38. The van der Waals surface area contributed by atoms with Gasteiger partial charge in [-0.2, -0.15) is 5.10 Å². The third-order valence-electron chi connectivity index (χ3n) is 5.21. The second-order valence-electron chi connectivity index (χ2n) is 6.93. The average molecular weight is 337 g/mol. The Bertz CT molecular complexity index is 909. The van der Waals surface area contributed by atoms with Crippen LogP contribution >= 0.6 is 0 Å². The van der Waals surface area contributed by atoms with Crippen LogP contribution in [0.15, 0.2) is 36.5 Å². The maximum absolute atomic E-state index is 13.7. The first-order valence-corrected chi connectivity index (χ1v) is 8.87. The summed E-state index contributed by atoms with van der Waals surface area (Å²) in [6.07, 6.45) is 4.36. The zero-order chi connectivity index (χ0) is 16.8. The molecular weight excluding hydrogens is 317 g/mol. The lowest BCUT2D eigenvalue weighted by molar-refractivity contribution is 0.628. The summed E-state index contributed by atoms with van der Waals surface area (Å²) in [5.41, 5.74) is 1.27. The van der Waals surface area contributed by atoms with Gasteiger partial charge in [0.2, 0.25) is 0 Å². The van der Waals surface area contributed by atoms with E-state index < -0.39 is 0 Å². The van der Waals surface area contributed by atoms with Crippen molar-refractivity contribution in [1.82, 2.24) is 15.2 Å². The van der Waals surface area contributed by atoms with E-state index in [2.05, 4.69) is 31.0 Å². The van der Waals surface area contributed by atoms with Crippen molar-refractivity contribution in [3.05, 3.63) is 48.0 Å². The Morgan fingerprint density at radius 2 is 1.80 bits per heavy atom. The summed E-state index contributed by atoms with van der Waals surface area (Å²) < 4.78 is 13.7. The monoisotopic (exact) mass is 337 g/mol. The highest BCUT2D eigenvalue weighted by Crippen LogP contribution is 2.40. The van der Waals surface area contributed by atoms with Gasteiger partial charge in [-0.25, -0.2) is 9.37 Å². The molecule has 1 saturated carbocycles. The molecule has 1 aliphatic heterocycles. The third kappa shape index (κ3) is 2.71. The van der Waals surface area contributed by atoms with Crippen molar-refractivity contribution in [3.8, 4) is 0 Å². The van der Waals surface area contributed by atoms with Gasteiger partial charge in [0.25, 0.3) is 0 Å². The van der Waals surface area contributed by atoms with Crippen LogP contribution in [0.2, 0.25) is 0 Å². The second-order valence-corrected chi connectivity index (χ2v) is 6.93. The van der Waals surface area contributed by atoms with Gasteiger partial charge >= 0.3 is 0 Å². The van der Waals surface area contributed by atoms with E-state index in [0.29, 0.717) is 5.92 Å². The lowest BCUT2D eigenvalue weighted by Gasteiger charge is -2.35. The van der Waals surface area contributed by atoms with Crippen LogP contribution < -0.4 is 9.80 Å². The highest BCUT2D eigenvalue weighted by atomic mass is 19.1. The number of nitrogens with zero attached hydrogens (tertiary/aromatic N) is 4. The summed E-state index contributed by atoms with van der Waals surface area (Å²) in [6, 6.07) is 9.02. The van der Waals surface area contributed by atoms with E-state index in [4.69, 9.17) is 0 Å². The Hall–Kier alpha value is -2.63. The molecule has 0 spiro atoms. The smallest absolute Gasteiger partial charge is 0.150 e. The molecule has 25 heavy (non-hydrogen) atoms. The highest BCUT2D eigenvalue weighted by molar-refractivity contribution is 5.92. The van der Waals surface area contributed by atoms with Gasteiger partial charge in [0.05, 0.1) is 0 Å². The van der Waals surface area contributed by atoms with Crippen molar-refractivity contribution >= 4 is 22.4 Å². The van der Waals surface area contributed by atoms with E-state index in [0.717, 1.165) is 48.6 Å². The number of piperazine rings is 1. The van der Waals surface area contributed by atoms with Crippen molar-refractivity contribution in [2.45, 2.75) is 18.8 Å². The van der Waals surface area contributed by atoms with Crippen LogP contribution in [-0.4, -0.2) is 41.4 Å². The maximum Gasteiger partial charge on any atom is 0.150 e. The van der Waals surface area contributed by atoms with Crippen LogP contribution in [0.1, 0.15) is 24.5 Å². The molecule has 2 aromatic heterocycles. The van der Waals surface area contributed by atoms with Crippen LogP contribution in [-0.2, 0) is 0 Å². The van der Waals surface area contributed by atoms with Crippen molar-refractivity contribution in [1.29, 1.82) is 0 Å². The van der Waals surface area contributed by atoms with E-state index >= 15 is 0 Å². The molecule has 3 heterocycles. The molecule has 5 rings (SSSR count). The Morgan fingerprint density at radius 1 is 1.00 bits per heavy atom. The van der Waals surface area contributed by atoms with Crippen molar-refractivity contribution < 1.29 is 4.39 Å². The fourth-order valence-electron chi connectivity index (χ4n) is 3.62. The third-order valence-corrected chi connectivity index (χ3v) is 5.21. The molecule has 1 aromatic carbocycles. The van der Waals surface area contributed by atoms with E-state index in [-0.39, 0.29) is 5.82 Å². The lowest BCUT2D eigenvalue weighted by atomic mass is 10.1. The molecule has 2 aliphatic rings. The largest absolute Gasteiger partial charge is 0.353 e. The van der Waals surface area contributed by atoms with Gasteiger partial charge in [-0.1, -0.05) is 6.07 Å². The van der Waals surface area contributed by atoms with E-state index in [1.165, 1.54) is 24.6 Å². The molecule has 0 atom stereocenters. The van der Waals surface area contributed by atoms with Crippen molar-refractivity contribution in [3.63, 3.8) is 0 Å². The summed E-state index contributed by atoms with van der Waals surface area (Å²) in [5, 5.41) is 9.56. The molecule has 0 amide bonds. The molecule has 6 heteroatoms. The first-order valence-electron chi connectivity index (χ1n) is 8.87. The number of halogens is 1. The number of H-pyrrole nitrogens is 1. The lowest BCUT2D eigenvalue weighted by Crippen LogP contribution is -2.47. The fourth-order valence-corrected chi connectivity index (χ4v) is 3.62.